The first-order valence-corrected chi connectivity index (χ1v) is 6.66. The average Bonchev–Trinajstić information content (AvgIpc) is 2.43. The van der Waals surface area contributed by atoms with Gasteiger partial charge < -0.3 is 14.6 Å². The summed E-state index contributed by atoms with van der Waals surface area (Å²) >= 11 is 0. The van der Waals surface area contributed by atoms with Gasteiger partial charge in [-0.2, -0.15) is 0 Å². The number of benzene rings is 1. The normalized spacial score (nSPS) is 12.7. The van der Waals surface area contributed by atoms with Crippen LogP contribution in [0, 0.1) is 6.92 Å². The predicted octanol–water partition coefficient (Wildman–Crippen LogP) is 2.01. The summed E-state index contributed by atoms with van der Waals surface area (Å²) in [7, 11) is 3.32. The maximum absolute atomic E-state index is 10.4. The number of aliphatic hydroxyl groups is 1. The van der Waals surface area contributed by atoms with Crippen LogP contribution in [0.5, 0.6) is 5.75 Å². The molecule has 1 atom stereocenters. The van der Waals surface area contributed by atoms with Gasteiger partial charge in [0.05, 0.1) is 19.8 Å². The molecule has 0 aromatic heterocycles. The van der Waals surface area contributed by atoms with Crippen LogP contribution in [-0.2, 0) is 4.74 Å². The minimum absolute atomic E-state index is 0.549. The van der Waals surface area contributed by atoms with Gasteiger partial charge in [0, 0.05) is 25.8 Å². The number of aliphatic hydroxyl groups excluding tert-OH is 1. The number of likely N-dealkylation sites (N-methyl/N-ethyl adjacent to an activating group) is 1. The highest BCUT2D eigenvalue weighted by molar-refractivity contribution is 5.38. The van der Waals surface area contributed by atoms with Crippen molar-refractivity contribution in [3.63, 3.8) is 0 Å². The van der Waals surface area contributed by atoms with Crippen molar-refractivity contribution in [1.82, 2.24) is 4.90 Å². The first-order valence-electron chi connectivity index (χ1n) is 6.66. The fraction of sp³-hybridized carbons (Fsp3) is 0.600. The van der Waals surface area contributed by atoms with Crippen LogP contribution in [0.15, 0.2) is 18.2 Å². The number of methoxy groups -OCH3 is 2. The molecule has 1 aromatic carbocycles. The van der Waals surface area contributed by atoms with E-state index in [1.807, 2.05) is 25.1 Å². The topological polar surface area (TPSA) is 41.9 Å². The van der Waals surface area contributed by atoms with Crippen molar-refractivity contribution in [2.24, 2.45) is 0 Å². The van der Waals surface area contributed by atoms with Crippen LogP contribution in [0.2, 0.25) is 0 Å². The lowest BCUT2D eigenvalue weighted by molar-refractivity contribution is 0.0905. The van der Waals surface area contributed by atoms with E-state index in [0.717, 1.165) is 30.0 Å². The third kappa shape index (κ3) is 4.82. The average molecular weight is 267 g/mol. The Kier molecular flexibility index (Phi) is 6.84. The minimum atomic E-state index is -0.549. The third-order valence-corrected chi connectivity index (χ3v) is 3.23. The summed E-state index contributed by atoms with van der Waals surface area (Å²) in [6.07, 6.45) is -0.549. The molecule has 1 N–H and O–H groups in total. The molecule has 4 heteroatoms. The van der Waals surface area contributed by atoms with Crippen molar-refractivity contribution in [1.29, 1.82) is 0 Å². The zero-order chi connectivity index (χ0) is 14.3. The van der Waals surface area contributed by atoms with Gasteiger partial charge in [-0.05, 0) is 25.6 Å². The number of ether oxygens (including phenoxy) is 2. The second-order valence-electron chi connectivity index (χ2n) is 4.65. The molecule has 0 heterocycles. The molecule has 0 amide bonds. The van der Waals surface area contributed by atoms with Crippen LogP contribution in [0.25, 0.3) is 0 Å². The quantitative estimate of drug-likeness (QED) is 0.782. The zero-order valence-corrected chi connectivity index (χ0v) is 12.3. The number of rotatable bonds is 8. The Balaban J connectivity index is 2.75. The summed E-state index contributed by atoms with van der Waals surface area (Å²) < 4.78 is 10.4. The maximum atomic E-state index is 10.4. The predicted molar refractivity (Wildman–Crippen MR) is 76.7 cm³/mol. The van der Waals surface area contributed by atoms with Gasteiger partial charge in [0.1, 0.15) is 5.75 Å². The van der Waals surface area contributed by atoms with E-state index in [1.165, 1.54) is 0 Å². The molecule has 19 heavy (non-hydrogen) atoms. The van der Waals surface area contributed by atoms with Gasteiger partial charge in [-0.25, -0.2) is 0 Å². The molecule has 1 rings (SSSR count). The lowest BCUT2D eigenvalue weighted by Gasteiger charge is -2.24. The molecule has 0 aliphatic carbocycles. The van der Waals surface area contributed by atoms with E-state index < -0.39 is 6.10 Å². The van der Waals surface area contributed by atoms with Crippen molar-refractivity contribution < 1.29 is 14.6 Å². The third-order valence-electron chi connectivity index (χ3n) is 3.23. The lowest BCUT2D eigenvalue weighted by Crippen LogP contribution is -2.31. The Morgan fingerprint density at radius 1 is 1.32 bits per heavy atom. The van der Waals surface area contributed by atoms with Gasteiger partial charge in [0.2, 0.25) is 0 Å². The maximum Gasteiger partial charge on any atom is 0.124 e. The van der Waals surface area contributed by atoms with Crippen LogP contribution < -0.4 is 4.74 Å². The second kappa shape index (κ2) is 8.15. The van der Waals surface area contributed by atoms with E-state index in [9.17, 15) is 5.11 Å². The standard InChI is InChI=1S/C15H25NO3/c1-5-16(8-9-18-3)11-14(17)13-10-12(2)6-7-15(13)19-4/h6-7,10,14,17H,5,8-9,11H2,1-4H3. The van der Waals surface area contributed by atoms with Gasteiger partial charge in [-0.15, -0.1) is 0 Å². The molecule has 0 saturated heterocycles. The van der Waals surface area contributed by atoms with Gasteiger partial charge in [-0.3, -0.25) is 4.90 Å². The monoisotopic (exact) mass is 267 g/mol. The molecule has 0 saturated carbocycles. The van der Waals surface area contributed by atoms with Crippen LogP contribution in [0.3, 0.4) is 0 Å². The summed E-state index contributed by atoms with van der Waals surface area (Å²) in [6.45, 7) is 7.05. The SMILES string of the molecule is CCN(CCOC)CC(O)c1cc(C)ccc1OC. The summed E-state index contributed by atoms with van der Waals surface area (Å²) in [6, 6.07) is 5.87. The largest absolute Gasteiger partial charge is 0.496 e. The van der Waals surface area contributed by atoms with Gasteiger partial charge in [0.15, 0.2) is 0 Å². The van der Waals surface area contributed by atoms with E-state index in [4.69, 9.17) is 9.47 Å². The highest BCUT2D eigenvalue weighted by Crippen LogP contribution is 2.26. The van der Waals surface area contributed by atoms with E-state index in [2.05, 4.69) is 11.8 Å². The van der Waals surface area contributed by atoms with Crippen molar-refractivity contribution in [2.75, 3.05) is 40.5 Å². The van der Waals surface area contributed by atoms with Crippen molar-refractivity contribution in [3.8, 4) is 5.75 Å². The number of hydrogen-bond donors (Lipinski definition) is 1. The van der Waals surface area contributed by atoms with E-state index in [-0.39, 0.29) is 0 Å². The fourth-order valence-corrected chi connectivity index (χ4v) is 2.06. The summed E-state index contributed by atoms with van der Waals surface area (Å²) in [4.78, 5) is 2.16. The smallest absolute Gasteiger partial charge is 0.124 e. The van der Waals surface area contributed by atoms with Crippen molar-refractivity contribution >= 4 is 0 Å². The summed E-state index contributed by atoms with van der Waals surface area (Å²) in [5.41, 5.74) is 1.97. The molecule has 0 fully saturated rings. The Labute approximate surface area is 115 Å². The zero-order valence-electron chi connectivity index (χ0n) is 12.3. The van der Waals surface area contributed by atoms with E-state index >= 15 is 0 Å². The molecule has 108 valence electrons. The molecule has 0 spiro atoms. The highest BCUT2D eigenvalue weighted by Gasteiger charge is 2.16. The molecule has 1 aromatic rings. The van der Waals surface area contributed by atoms with Crippen molar-refractivity contribution in [2.45, 2.75) is 20.0 Å². The molecule has 0 radical (unpaired) electrons. The Morgan fingerprint density at radius 3 is 2.63 bits per heavy atom. The Hall–Kier alpha value is -1.10. The van der Waals surface area contributed by atoms with Gasteiger partial charge in [0.25, 0.3) is 0 Å². The molecule has 0 aliphatic rings. The minimum Gasteiger partial charge on any atom is -0.496 e. The number of aryl methyl sites for hydroxylation is 1. The number of nitrogens with zero attached hydrogens (tertiary/aromatic N) is 1. The molecule has 0 aliphatic heterocycles. The molecule has 4 nitrogen and oxygen atoms in total. The molecular formula is C15H25NO3. The Morgan fingerprint density at radius 2 is 2.05 bits per heavy atom. The second-order valence-corrected chi connectivity index (χ2v) is 4.65. The molecule has 0 bridgehead atoms. The summed E-state index contributed by atoms with van der Waals surface area (Å²) in [5.74, 6) is 0.737. The summed E-state index contributed by atoms with van der Waals surface area (Å²) in [5, 5.41) is 10.4. The van der Waals surface area contributed by atoms with E-state index in [1.54, 1.807) is 14.2 Å². The van der Waals surface area contributed by atoms with Crippen LogP contribution in [-0.4, -0.2) is 50.5 Å². The molecule has 1 unspecified atom stereocenters. The van der Waals surface area contributed by atoms with Crippen LogP contribution >= 0.6 is 0 Å². The number of hydrogen-bond acceptors (Lipinski definition) is 4. The molecular weight excluding hydrogens is 242 g/mol. The van der Waals surface area contributed by atoms with Crippen LogP contribution in [0.1, 0.15) is 24.2 Å². The van der Waals surface area contributed by atoms with Gasteiger partial charge >= 0.3 is 0 Å². The van der Waals surface area contributed by atoms with Gasteiger partial charge in [-0.1, -0.05) is 18.6 Å². The highest BCUT2D eigenvalue weighted by atomic mass is 16.5. The lowest BCUT2D eigenvalue weighted by atomic mass is 10.0. The van der Waals surface area contributed by atoms with E-state index in [0.29, 0.717) is 13.2 Å². The Bertz CT molecular complexity index is 382. The van der Waals surface area contributed by atoms with Crippen molar-refractivity contribution in [3.05, 3.63) is 29.3 Å². The first kappa shape index (κ1) is 16.0. The fourth-order valence-electron chi connectivity index (χ4n) is 2.06. The van der Waals surface area contributed by atoms with Crippen LogP contribution in [0.4, 0.5) is 0 Å². The first-order chi connectivity index (χ1) is 9.12.